The summed E-state index contributed by atoms with van der Waals surface area (Å²) in [5.74, 6) is 0.863. The molecule has 1 aromatic carbocycles. The number of benzene rings is 1. The minimum atomic E-state index is 0.288. The summed E-state index contributed by atoms with van der Waals surface area (Å²) in [6.45, 7) is 11.1. The van der Waals surface area contributed by atoms with Gasteiger partial charge in [-0.1, -0.05) is 23.8 Å². The van der Waals surface area contributed by atoms with Crippen molar-refractivity contribution >= 4 is 5.96 Å². The molecule has 1 atom stereocenters. The van der Waals surface area contributed by atoms with E-state index in [0.29, 0.717) is 6.54 Å². The number of guanidine groups is 1. The van der Waals surface area contributed by atoms with Gasteiger partial charge in [-0.05, 0) is 44.7 Å². The normalized spacial score (nSPS) is 18.0. The Morgan fingerprint density at radius 3 is 2.92 bits per heavy atom. The van der Waals surface area contributed by atoms with Crippen LogP contribution in [0.3, 0.4) is 0 Å². The fourth-order valence-electron chi connectivity index (χ4n) is 2.70. The van der Waals surface area contributed by atoms with Crippen molar-refractivity contribution in [1.82, 2.24) is 10.6 Å². The third-order valence-corrected chi connectivity index (χ3v) is 4.10. The zero-order valence-corrected chi connectivity index (χ0v) is 15.2. The van der Waals surface area contributed by atoms with Crippen LogP contribution in [0.2, 0.25) is 0 Å². The summed E-state index contributed by atoms with van der Waals surface area (Å²) in [6, 6.07) is 6.51. The predicted molar refractivity (Wildman–Crippen MR) is 98.5 cm³/mol. The van der Waals surface area contributed by atoms with Gasteiger partial charge in [0.15, 0.2) is 5.96 Å². The van der Waals surface area contributed by atoms with Crippen LogP contribution >= 0.6 is 0 Å². The molecule has 1 fully saturated rings. The number of ether oxygens (including phenoxy) is 2. The maximum Gasteiger partial charge on any atom is 0.191 e. The summed E-state index contributed by atoms with van der Waals surface area (Å²) < 4.78 is 11.1. The molecule has 0 aromatic heterocycles. The van der Waals surface area contributed by atoms with E-state index < -0.39 is 0 Å². The molecule has 0 saturated carbocycles. The van der Waals surface area contributed by atoms with Gasteiger partial charge in [0.1, 0.15) is 0 Å². The molecule has 2 rings (SSSR count). The van der Waals surface area contributed by atoms with E-state index in [1.807, 2.05) is 0 Å². The quantitative estimate of drug-likeness (QED) is 0.436. The molecule has 5 heteroatoms. The number of aryl methyl sites for hydroxylation is 2. The molecule has 0 spiro atoms. The summed E-state index contributed by atoms with van der Waals surface area (Å²) >= 11 is 0. The van der Waals surface area contributed by atoms with Crippen molar-refractivity contribution in [1.29, 1.82) is 0 Å². The Bertz CT molecular complexity index is 525. The summed E-state index contributed by atoms with van der Waals surface area (Å²) in [7, 11) is 0. The second kappa shape index (κ2) is 10.3. The minimum Gasteiger partial charge on any atom is -0.379 e. The average molecular weight is 333 g/mol. The van der Waals surface area contributed by atoms with Gasteiger partial charge in [0.2, 0.25) is 0 Å². The minimum absolute atomic E-state index is 0.288. The van der Waals surface area contributed by atoms with E-state index in [9.17, 15) is 0 Å². The third-order valence-electron chi connectivity index (χ3n) is 4.10. The highest BCUT2D eigenvalue weighted by Gasteiger charge is 2.15. The molecule has 0 bridgehead atoms. The molecule has 5 nitrogen and oxygen atoms in total. The molecular weight excluding hydrogens is 302 g/mol. The summed E-state index contributed by atoms with van der Waals surface area (Å²) in [5, 5.41) is 6.67. The lowest BCUT2D eigenvalue weighted by Gasteiger charge is -2.13. The first-order chi connectivity index (χ1) is 11.7. The molecule has 134 valence electrons. The van der Waals surface area contributed by atoms with E-state index in [0.717, 1.165) is 51.7 Å². The monoisotopic (exact) mass is 333 g/mol. The standard InChI is InChI=1S/C19H31N3O2/c1-4-20-19(21-9-5-10-24-18-8-11-23-14-18)22-13-17-7-6-15(2)12-16(17)3/h6-7,12,18H,4-5,8-11,13-14H2,1-3H3,(H2,20,21,22). The van der Waals surface area contributed by atoms with Gasteiger partial charge < -0.3 is 20.1 Å². The van der Waals surface area contributed by atoms with Gasteiger partial charge >= 0.3 is 0 Å². The molecule has 0 aliphatic carbocycles. The lowest BCUT2D eigenvalue weighted by atomic mass is 10.1. The average Bonchev–Trinajstić information content (AvgIpc) is 3.07. The first-order valence-electron chi connectivity index (χ1n) is 8.96. The Morgan fingerprint density at radius 2 is 2.21 bits per heavy atom. The lowest BCUT2D eigenvalue weighted by molar-refractivity contribution is 0.0420. The van der Waals surface area contributed by atoms with E-state index in [1.165, 1.54) is 16.7 Å². The highest BCUT2D eigenvalue weighted by Crippen LogP contribution is 2.11. The van der Waals surface area contributed by atoms with E-state index in [4.69, 9.17) is 9.47 Å². The number of hydrogen-bond acceptors (Lipinski definition) is 3. The van der Waals surface area contributed by atoms with Crippen LogP contribution in [0.5, 0.6) is 0 Å². The Labute approximate surface area is 145 Å². The molecule has 1 aliphatic heterocycles. The van der Waals surface area contributed by atoms with Crippen LogP contribution in [0.15, 0.2) is 23.2 Å². The predicted octanol–water partition coefficient (Wildman–Crippen LogP) is 2.55. The number of rotatable bonds is 8. The number of hydrogen-bond donors (Lipinski definition) is 2. The van der Waals surface area contributed by atoms with Gasteiger partial charge in [-0.2, -0.15) is 0 Å². The van der Waals surface area contributed by atoms with Gasteiger partial charge in [-0.15, -0.1) is 0 Å². The van der Waals surface area contributed by atoms with Gasteiger partial charge in [0, 0.05) is 26.3 Å². The number of nitrogens with zero attached hydrogens (tertiary/aromatic N) is 1. The van der Waals surface area contributed by atoms with Crippen molar-refractivity contribution < 1.29 is 9.47 Å². The van der Waals surface area contributed by atoms with Crippen molar-refractivity contribution in [3.05, 3.63) is 34.9 Å². The van der Waals surface area contributed by atoms with Crippen molar-refractivity contribution in [3.8, 4) is 0 Å². The van der Waals surface area contributed by atoms with E-state index in [1.54, 1.807) is 0 Å². The zero-order valence-electron chi connectivity index (χ0n) is 15.2. The lowest BCUT2D eigenvalue weighted by Crippen LogP contribution is -2.38. The van der Waals surface area contributed by atoms with Crippen LogP contribution in [0.4, 0.5) is 0 Å². The second-order valence-electron chi connectivity index (χ2n) is 6.26. The summed E-state index contributed by atoms with van der Waals surface area (Å²) in [6.07, 6.45) is 2.27. The van der Waals surface area contributed by atoms with Crippen LogP contribution < -0.4 is 10.6 Å². The fraction of sp³-hybridized carbons (Fsp3) is 0.632. The van der Waals surface area contributed by atoms with Crippen molar-refractivity contribution in [3.63, 3.8) is 0 Å². The SMILES string of the molecule is CCNC(=NCc1ccc(C)cc1C)NCCCOC1CCOC1. The van der Waals surface area contributed by atoms with Crippen molar-refractivity contribution in [2.45, 2.75) is 46.3 Å². The summed E-state index contributed by atoms with van der Waals surface area (Å²) in [4.78, 5) is 4.68. The van der Waals surface area contributed by atoms with Gasteiger partial charge in [-0.3, -0.25) is 0 Å². The second-order valence-corrected chi connectivity index (χ2v) is 6.26. The van der Waals surface area contributed by atoms with Crippen LogP contribution in [0.25, 0.3) is 0 Å². The third kappa shape index (κ3) is 6.49. The smallest absolute Gasteiger partial charge is 0.191 e. The highest BCUT2D eigenvalue weighted by molar-refractivity contribution is 5.79. The first kappa shape index (κ1) is 18.7. The first-order valence-corrected chi connectivity index (χ1v) is 8.96. The van der Waals surface area contributed by atoms with Crippen molar-refractivity contribution in [2.75, 3.05) is 32.9 Å². The van der Waals surface area contributed by atoms with Gasteiger partial charge in [0.25, 0.3) is 0 Å². The maximum atomic E-state index is 5.78. The van der Waals surface area contributed by atoms with Crippen LogP contribution in [0.1, 0.15) is 36.5 Å². The molecule has 1 aliphatic rings. The molecule has 1 unspecified atom stereocenters. The van der Waals surface area contributed by atoms with E-state index >= 15 is 0 Å². The fourth-order valence-corrected chi connectivity index (χ4v) is 2.70. The number of nitrogens with one attached hydrogen (secondary N) is 2. The Hall–Kier alpha value is -1.59. The molecule has 1 heterocycles. The van der Waals surface area contributed by atoms with Crippen LogP contribution in [-0.2, 0) is 16.0 Å². The Morgan fingerprint density at radius 1 is 1.33 bits per heavy atom. The molecule has 0 amide bonds. The molecule has 1 saturated heterocycles. The van der Waals surface area contributed by atoms with Gasteiger partial charge in [-0.25, -0.2) is 4.99 Å². The maximum absolute atomic E-state index is 5.78. The summed E-state index contributed by atoms with van der Waals surface area (Å²) in [5.41, 5.74) is 3.85. The zero-order chi connectivity index (χ0) is 17.2. The van der Waals surface area contributed by atoms with Crippen molar-refractivity contribution in [2.24, 2.45) is 4.99 Å². The van der Waals surface area contributed by atoms with E-state index in [2.05, 4.69) is 54.6 Å². The Balaban J connectivity index is 1.73. The molecule has 24 heavy (non-hydrogen) atoms. The highest BCUT2D eigenvalue weighted by atomic mass is 16.5. The number of aliphatic imine (C=N–C) groups is 1. The van der Waals surface area contributed by atoms with E-state index in [-0.39, 0.29) is 6.10 Å². The van der Waals surface area contributed by atoms with Crippen LogP contribution in [0, 0.1) is 13.8 Å². The molecule has 2 N–H and O–H groups in total. The van der Waals surface area contributed by atoms with Crippen LogP contribution in [-0.4, -0.2) is 45.0 Å². The Kier molecular flexibility index (Phi) is 8.05. The largest absolute Gasteiger partial charge is 0.379 e. The topological polar surface area (TPSA) is 54.9 Å². The molecule has 0 radical (unpaired) electrons. The molecular formula is C19H31N3O2. The van der Waals surface area contributed by atoms with Gasteiger partial charge in [0.05, 0.1) is 19.3 Å². The molecule has 1 aromatic rings.